The number of amides is 1. The quantitative estimate of drug-likeness (QED) is 0.764. The molecule has 1 N–H and O–H groups in total. The van der Waals surface area contributed by atoms with E-state index in [0.29, 0.717) is 0 Å². The smallest absolute Gasteiger partial charge is 0.262 e. The lowest BCUT2D eigenvalue weighted by molar-refractivity contribution is -0.118. The lowest BCUT2D eigenvalue weighted by atomic mass is 10.2. The molecule has 1 heterocycles. The number of carbonyl (C=O) groups excluding carboxylic acids is 1. The summed E-state index contributed by atoms with van der Waals surface area (Å²) >= 11 is 0. The number of rotatable bonds is 6. The minimum absolute atomic E-state index is 0.111. The molecule has 10 heteroatoms. The van der Waals surface area contributed by atoms with Crippen molar-refractivity contribution in [2.75, 3.05) is 38.2 Å². The van der Waals surface area contributed by atoms with Crippen LogP contribution < -0.4 is 10.1 Å². The van der Waals surface area contributed by atoms with Crippen LogP contribution >= 0.6 is 0 Å². The number of anilines is 1. The number of benzene rings is 2. The summed E-state index contributed by atoms with van der Waals surface area (Å²) < 4.78 is 51.2. The second-order valence-electron chi connectivity index (χ2n) is 6.11. The highest BCUT2D eigenvalue weighted by Crippen LogP contribution is 2.24. The van der Waals surface area contributed by atoms with Gasteiger partial charge in [-0.15, -0.1) is 0 Å². The fraction of sp³-hybridized carbons (Fsp3) is 0.263. The molecule has 0 saturated carbocycles. The Morgan fingerprint density at radius 2 is 1.97 bits per heavy atom. The molecule has 1 fully saturated rings. The zero-order valence-electron chi connectivity index (χ0n) is 15.3. The second-order valence-corrected chi connectivity index (χ2v) is 8.01. The van der Waals surface area contributed by atoms with E-state index >= 15 is 0 Å². The number of nitrogens with one attached hydrogen (secondary N) is 1. The summed E-state index contributed by atoms with van der Waals surface area (Å²) in [5.74, 6) is -1.24. The van der Waals surface area contributed by atoms with E-state index in [1.54, 1.807) is 24.3 Å². The number of carbonyl (C=O) groups is 1. The Bertz CT molecular complexity index is 1050. The van der Waals surface area contributed by atoms with E-state index < -0.39 is 33.3 Å². The summed E-state index contributed by atoms with van der Waals surface area (Å²) in [6, 6.07) is 11.7. The first-order valence-electron chi connectivity index (χ1n) is 8.71. The normalized spacial score (nSPS) is 14.8. The van der Waals surface area contributed by atoms with Crippen LogP contribution in [0.25, 0.3) is 0 Å². The minimum atomic E-state index is -4.06. The highest BCUT2D eigenvalue weighted by molar-refractivity contribution is 7.89. The van der Waals surface area contributed by atoms with Crippen molar-refractivity contribution in [1.29, 1.82) is 5.26 Å². The Morgan fingerprint density at radius 3 is 2.69 bits per heavy atom. The van der Waals surface area contributed by atoms with Gasteiger partial charge >= 0.3 is 0 Å². The summed E-state index contributed by atoms with van der Waals surface area (Å²) in [6.45, 7) is 0.328. The number of nitrogens with zero attached hydrogens (tertiary/aromatic N) is 2. The minimum Gasteiger partial charge on any atom is -0.482 e. The zero-order chi connectivity index (χ0) is 20.9. The van der Waals surface area contributed by atoms with Crippen LogP contribution in [0.2, 0.25) is 0 Å². The van der Waals surface area contributed by atoms with Crippen LogP contribution in [0, 0.1) is 17.1 Å². The molecule has 1 amide bonds. The van der Waals surface area contributed by atoms with E-state index in [4.69, 9.17) is 14.7 Å². The van der Waals surface area contributed by atoms with Gasteiger partial charge in [-0.25, -0.2) is 12.8 Å². The highest BCUT2D eigenvalue weighted by Gasteiger charge is 2.29. The van der Waals surface area contributed by atoms with Crippen molar-refractivity contribution < 1.29 is 27.1 Å². The maximum Gasteiger partial charge on any atom is 0.262 e. The third-order valence-corrected chi connectivity index (χ3v) is 6.08. The van der Waals surface area contributed by atoms with Crippen molar-refractivity contribution in [3.8, 4) is 11.8 Å². The first-order chi connectivity index (χ1) is 13.9. The van der Waals surface area contributed by atoms with E-state index in [0.717, 1.165) is 16.4 Å². The molecule has 1 saturated heterocycles. The van der Waals surface area contributed by atoms with E-state index in [2.05, 4.69) is 5.32 Å². The van der Waals surface area contributed by atoms with Crippen molar-refractivity contribution in [3.63, 3.8) is 0 Å². The van der Waals surface area contributed by atoms with Crippen LogP contribution in [0.4, 0.5) is 10.1 Å². The number of sulfonamides is 1. The summed E-state index contributed by atoms with van der Waals surface area (Å²) in [4.78, 5) is 11.6. The number of morpholine rings is 1. The lowest BCUT2D eigenvalue weighted by Gasteiger charge is -2.26. The van der Waals surface area contributed by atoms with Gasteiger partial charge in [0.25, 0.3) is 5.91 Å². The van der Waals surface area contributed by atoms with Gasteiger partial charge in [0, 0.05) is 18.8 Å². The molecular weight excluding hydrogens is 401 g/mol. The van der Waals surface area contributed by atoms with Gasteiger partial charge < -0.3 is 14.8 Å². The van der Waals surface area contributed by atoms with Crippen molar-refractivity contribution in [3.05, 3.63) is 53.8 Å². The first kappa shape index (κ1) is 20.7. The molecule has 152 valence electrons. The standard InChI is InChI=1S/C19H18FN3O5S/c20-16-6-5-15(11-18(16)29(25,26)23-7-9-27-10-8-23)22-19(24)13-28-17-4-2-1-3-14(17)12-21/h1-6,11H,7-10,13H2,(H,22,24). The average Bonchev–Trinajstić information content (AvgIpc) is 2.74. The molecule has 0 atom stereocenters. The largest absolute Gasteiger partial charge is 0.482 e. The van der Waals surface area contributed by atoms with E-state index in [9.17, 15) is 17.6 Å². The molecule has 8 nitrogen and oxygen atoms in total. The Morgan fingerprint density at radius 1 is 1.24 bits per heavy atom. The zero-order valence-corrected chi connectivity index (χ0v) is 16.1. The van der Waals surface area contributed by atoms with Gasteiger partial charge in [-0.1, -0.05) is 12.1 Å². The maximum atomic E-state index is 14.2. The van der Waals surface area contributed by atoms with E-state index in [1.165, 1.54) is 6.07 Å². The third kappa shape index (κ3) is 4.89. The Labute approximate surface area is 167 Å². The summed E-state index contributed by atoms with van der Waals surface area (Å²) in [5, 5.41) is 11.5. The molecule has 1 aliphatic heterocycles. The number of hydrogen-bond donors (Lipinski definition) is 1. The van der Waals surface area contributed by atoms with Crippen molar-refractivity contribution >= 4 is 21.6 Å². The monoisotopic (exact) mass is 419 g/mol. The van der Waals surface area contributed by atoms with E-state index in [-0.39, 0.29) is 43.3 Å². The molecule has 0 bridgehead atoms. The van der Waals surface area contributed by atoms with Crippen LogP contribution in [0.3, 0.4) is 0 Å². The van der Waals surface area contributed by atoms with Crippen molar-refractivity contribution in [2.45, 2.75) is 4.90 Å². The van der Waals surface area contributed by atoms with Crippen LogP contribution in [-0.4, -0.2) is 51.5 Å². The molecule has 2 aromatic carbocycles. The van der Waals surface area contributed by atoms with Crippen molar-refractivity contribution in [2.24, 2.45) is 0 Å². The number of para-hydroxylation sites is 1. The second kappa shape index (κ2) is 9.00. The van der Waals surface area contributed by atoms with Gasteiger partial charge in [0.15, 0.2) is 6.61 Å². The summed E-state index contributed by atoms with van der Waals surface area (Å²) in [5.41, 5.74) is 0.390. The Balaban J connectivity index is 1.71. The molecule has 2 aromatic rings. The molecule has 0 unspecified atom stereocenters. The first-order valence-corrected chi connectivity index (χ1v) is 10.1. The van der Waals surface area contributed by atoms with Gasteiger partial charge in [-0.05, 0) is 30.3 Å². The maximum absolute atomic E-state index is 14.2. The SMILES string of the molecule is N#Cc1ccccc1OCC(=O)Nc1ccc(F)c(S(=O)(=O)N2CCOCC2)c1. The number of hydrogen-bond acceptors (Lipinski definition) is 6. The molecule has 0 radical (unpaired) electrons. The lowest BCUT2D eigenvalue weighted by Crippen LogP contribution is -2.40. The van der Waals surface area contributed by atoms with Crippen LogP contribution in [0.5, 0.6) is 5.75 Å². The van der Waals surface area contributed by atoms with Gasteiger partial charge in [0.05, 0.1) is 18.8 Å². The fourth-order valence-electron chi connectivity index (χ4n) is 2.73. The van der Waals surface area contributed by atoms with E-state index in [1.807, 2.05) is 6.07 Å². The Hall–Kier alpha value is -3.00. The van der Waals surface area contributed by atoms with Gasteiger partial charge in [-0.3, -0.25) is 4.79 Å². The molecular formula is C19H18FN3O5S. The average molecular weight is 419 g/mol. The van der Waals surface area contributed by atoms with Gasteiger partial charge in [0.2, 0.25) is 10.0 Å². The number of ether oxygens (including phenoxy) is 2. The number of halogens is 1. The predicted molar refractivity (Wildman–Crippen MR) is 101 cm³/mol. The fourth-order valence-corrected chi connectivity index (χ4v) is 4.23. The third-order valence-electron chi connectivity index (χ3n) is 4.17. The van der Waals surface area contributed by atoms with Crippen LogP contribution in [0.1, 0.15) is 5.56 Å². The van der Waals surface area contributed by atoms with Gasteiger partial charge in [-0.2, -0.15) is 9.57 Å². The Kier molecular flexibility index (Phi) is 6.43. The molecule has 29 heavy (non-hydrogen) atoms. The summed E-state index contributed by atoms with van der Waals surface area (Å²) in [7, 11) is -4.06. The molecule has 0 aromatic heterocycles. The molecule has 3 rings (SSSR count). The van der Waals surface area contributed by atoms with Crippen LogP contribution in [-0.2, 0) is 19.6 Å². The predicted octanol–water partition coefficient (Wildman–Crippen LogP) is 1.74. The summed E-state index contributed by atoms with van der Waals surface area (Å²) in [6.07, 6.45) is 0. The number of nitriles is 1. The highest BCUT2D eigenvalue weighted by atomic mass is 32.2. The molecule has 0 spiro atoms. The van der Waals surface area contributed by atoms with Crippen LogP contribution in [0.15, 0.2) is 47.4 Å². The topological polar surface area (TPSA) is 109 Å². The van der Waals surface area contributed by atoms with Crippen molar-refractivity contribution in [1.82, 2.24) is 4.31 Å². The molecule has 1 aliphatic rings. The van der Waals surface area contributed by atoms with Gasteiger partial charge in [0.1, 0.15) is 22.5 Å². The molecule has 0 aliphatic carbocycles.